The summed E-state index contributed by atoms with van der Waals surface area (Å²) in [5, 5.41) is 8.46. The smallest absolute Gasteiger partial charge is 0.250 e. The zero-order chi connectivity index (χ0) is 18.8. The molecule has 4 rings (SSSR count). The molecule has 0 radical (unpaired) electrons. The molecule has 3 heterocycles. The Labute approximate surface area is 162 Å². The first-order valence-corrected chi connectivity index (χ1v) is 9.70. The molecule has 0 amide bonds. The Morgan fingerprint density at radius 2 is 2.11 bits per heavy atom. The van der Waals surface area contributed by atoms with E-state index in [1.54, 1.807) is 27.6 Å². The lowest BCUT2D eigenvalue weighted by molar-refractivity contribution is 0.445. The van der Waals surface area contributed by atoms with Crippen LogP contribution >= 0.6 is 11.6 Å². The maximum atomic E-state index is 11.9. The van der Waals surface area contributed by atoms with Gasteiger partial charge in [0.15, 0.2) is 0 Å². The van der Waals surface area contributed by atoms with Gasteiger partial charge in [-0.2, -0.15) is 5.10 Å². The Hall–Kier alpha value is -2.60. The predicted molar refractivity (Wildman–Crippen MR) is 108 cm³/mol. The third-order valence-corrected chi connectivity index (χ3v) is 5.16. The third kappa shape index (κ3) is 3.76. The van der Waals surface area contributed by atoms with Crippen molar-refractivity contribution in [3.05, 3.63) is 58.4 Å². The molecule has 7 heteroatoms. The van der Waals surface area contributed by atoms with Crippen molar-refractivity contribution in [2.24, 2.45) is 0 Å². The number of pyridine rings is 2. The molecule has 0 unspecified atom stereocenters. The van der Waals surface area contributed by atoms with E-state index in [-0.39, 0.29) is 5.56 Å². The number of nitrogens with zero attached hydrogens (tertiary/aromatic N) is 4. The summed E-state index contributed by atoms with van der Waals surface area (Å²) >= 11 is 6.47. The highest BCUT2D eigenvalue weighted by Gasteiger charge is 2.18. The first-order valence-electron chi connectivity index (χ1n) is 9.32. The fraction of sp³-hybridized carbons (Fsp3) is 0.350. The topological polar surface area (TPSA) is 64.7 Å². The lowest BCUT2D eigenvalue weighted by atomic mass is 9.93. The fourth-order valence-electron chi connectivity index (χ4n) is 3.17. The molecule has 1 N–H and O–H groups in total. The van der Waals surface area contributed by atoms with Crippen molar-refractivity contribution in [2.45, 2.75) is 45.2 Å². The zero-order valence-corrected chi connectivity index (χ0v) is 16.0. The second kappa shape index (κ2) is 7.56. The van der Waals surface area contributed by atoms with E-state index in [2.05, 4.69) is 15.4 Å². The molecule has 3 aromatic rings. The summed E-state index contributed by atoms with van der Waals surface area (Å²) in [6.45, 7) is 2.73. The van der Waals surface area contributed by atoms with E-state index in [0.29, 0.717) is 23.3 Å². The number of rotatable bonds is 6. The normalized spacial score (nSPS) is 14.1. The number of aryl methyl sites for hydroxylation is 1. The monoisotopic (exact) mass is 383 g/mol. The molecule has 1 aliphatic carbocycles. The van der Waals surface area contributed by atoms with E-state index in [4.69, 9.17) is 11.6 Å². The van der Waals surface area contributed by atoms with Crippen LogP contribution < -0.4 is 10.9 Å². The SMILES string of the molecule is CCCn1cc(-n2cc(-c3ncc(NC4CCC4)cc3Cl)cn2)ccc1=O. The third-order valence-electron chi connectivity index (χ3n) is 4.87. The minimum atomic E-state index is -0.00718. The van der Waals surface area contributed by atoms with Gasteiger partial charge < -0.3 is 9.88 Å². The first kappa shape index (κ1) is 17.8. The Kier molecular flexibility index (Phi) is 4.99. The summed E-state index contributed by atoms with van der Waals surface area (Å²) in [7, 11) is 0. The maximum Gasteiger partial charge on any atom is 0.250 e. The van der Waals surface area contributed by atoms with Gasteiger partial charge in [0.1, 0.15) is 0 Å². The largest absolute Gasteiger partial charge is 0.381 e. The number of hydrogen-bond acceptors (Lipinski definition) is 4. The van der Waals surface area contributed by atoms with Crippen molar-refractivity contribution in [2.75, 3.05) is 5.32 Å². The molecule has 27 heavy (non-hydrogen) atoms. The fourth-order valence-corrected chi connectivity index (χ4v) is 3.45. The highest BCUT2D eigenvalue weighted by Crippen LogP contribution is 2.30. The molecule has 140 valence electrons. The molecule has 1 fully saturated rings. The second-order valence-electron chi connectivity index (χ2n) is 6.92. The number of hydrogen-bond donors (Lipinski definition) is 1. The highest BCUT2D eigenvalue weighted by molar-refractivity contribution is 6.33. The van der Waals surface area contributed by atoms with E-state index < -0.39 is 0 Å². The molecule has 1 aliphatic rings. The van der Waals surface area contributed by atoms with Gasteiger partial charge in [0, 0.05) is 36.6 Å². The van der Waals surface area contributed by atoms with Gasteiger partial charge in [-0.3, -0.25) is 9.78 Å². The van der Waals surface area contributed by atoms with Gasteiger partial charge in [-0.1, -0.05) is 18.5 Å². The standard InChI is InChI=1S/C20H22ClN5O/c1-2-8-25-13-17(6-7-19(25)27)26-12-14(10-23-26)20-18(21)9-16(11-22-20)24-15-4-3-5-15/h6-7,9-13,15,24H,2-5,8H2,1H3. The maximum absolute atomic E-state index is 11.9. The summed E-state index contributed by atoms with van der Waals surface area (Å²) in [5.41, 5.74) is 3.31. The van der Waals surface area contributed by atoms with Gasteiger partial charge in [-0.05, 0) is 37.8 Å². The summed E-state index contributed by atoms with van der Waals surface area (Å²) in [6.07, 6.45) is 11.8. The quantitative estimate of drug-likeness (QED) is 0.695. The highest BCUT2D eigenvalue weighted by atomic mass is 35.5. The summed E-state index contributed by atoms with van der Waals surface area (Å²) in [4.78, 5) is 16.4. The zero-order valence-electron chi connectivity index (χ0n) is 15.2. The second-order valence-corrected chi connectivity index (χ2v) is 7.33. The van der Waals surface area contributed by atoms with Crippen molar-refractivity contribution in [3.63, 3.8) is 0 Å². The minimum Gasteiger partial charge on any atom is -0.381 e. The number of nitrogens with one attached hydrogen (secondary N) is 1. The van der Waals surface area contributed by atoms with Gasteiger partial charge >= 0.3 is 0 Å². The Balaban J connectivity index is 1.59. The average molecular weight is 384 g/mol. The molecule has 0 atom stereocenters. The number of anilines is 1. The van der Waals surface area contributed by atoms with E-state index in [1.165, 1.54) is 19.3 Å². The van der Waals surface area contributed by atoms with E-state index in [1.807, 2.05) is 31.6 Å². The van der Waals surface area contributed by atoms with Gasteiger partial charge in [0.25, 0.3) is 5.56 Å². The van der Waals surface area contributed by atoms with Crippen molar-refractivity contribution in [3.8, 4) is 16.9 Å². The van der Waals surface area contributed by atoms with Crippen LogP contribution in [0, 0.1) is 0 Å². The van der Waals surface area contributed by atoms with Gasteiger partial charge in [-0.15, -0.1) is 0 Å². The Morgan fingerprint density at radius 1 is 1.26 bits per heavy atom. The van der Waals surface area contributed by atoms with E-state index in [9.17, 15) is 4.79 Å². The lowest BCUT2D eigenvalue weighted by Crippen LogP contribution is -2.26. The summed E-state index contributed by atoms with van der Waals surface area (Å²) < 4.78 is 3.43. The van der Waals surface area contributed by atoms with Crippen LogP contribution in [0.5, 0.6) is 0 Å². The van der Waals surface area contributed by atoms with Gasteiger partial charge in [0.2, 0.25) is 0 Å². The molecule has 6 nitrogen and oxygen atoms in total. The van der Waals surface area contributed by atoms with Crippen molar-refractivity contribution < 1.29 is 0 Å². The first-order chi connectivity index (χ1) is 13.1. The van der Waals surface area contributed by atoms with Crippen LogP contribution in [-0.4, -0.2) is 25.4 Å². The lowest BCUT2D eigenvalue weighted by Gasteiger charge is -2.27. The van der Waals surface area contributed by atoms with Crippen molar-refractivity contribution in [1.29, 1.82) is 0 Å². The van der Waals surface area contributed by atoms with E-state index >= 15 is 0 Å². The summed E-state index contributed by atoms with van der Waals surface area (Å²) in [5.74, 6) is 0. The Bertz CT molecular complexity index is 1010. The van der Waals surface area contributed by atoms with Gasteiger partial charge in [-0.25, -0.2) is 4.68 Å². The predicted octanol–water partition coefficient (Wildman–Crippen LogP) is 4.12. The molecule has 1 saturated carbocycles. The van der Waals surface area contributed by atoms with Gasteiger partial charge in [0.05, 0.1) is 34.5 Å². The average Bonchev–Trinajstić information content (AvgIpc) is 3.10. The molecular weight excluding hydrogens is 362 g/mol. The van der Waals surface area contributed by atoms with Crippen molar-refractivity contribution in [1.82, 2.24) is 19.3 Å². The van der Waals surface area contributed by atoms with Crippen LogP contribution in [0.15, 0.2) is 47.8 Å². The van der Waals surface area contributed by atoms with Crippen LogP contribution in [-0.2, 0) is 6.54 Å². The Morgan fingerprint density at radius 3 is 2.81 bits per heavy atom. The van der Waals surface area contributed by atoms with Crippen LogP contribution in [0.3, 0.4) is 0 Å². The molecule has 3 aromatic heterocycles. The van der Waals surface area contributed by atoms with Crippen molar-refractivity contribution >= 4 is 17.3 Å². The molecule has 0 bridgehead atoms. The van der Waals surface area contributed by atoms with Crippen LogP contribution in [0.1, 0.15) is 32.6 Å². The van der Waals surface area contributed by atoms with E-state index in [0.717, 1.165) is 23.4 Å². The molecule has 0 spiro atoms. The minimum absolute atomic E-state index is 0.00718. The molecule has 0 aromatic carbocycles. The summed E-state index contributed by atoms with van der Waals surface area (Å²) in [6, 6.07) is 5.79. The van der Waals surface area contributed by atoms with Crippen LogP contribution in [0.25, 0.3) is 16.9 Å². The molecular formula is C20H22ClN5O. The molecule has 0 saturated heterocycles. The number of halogens is 1. The van der Waals surface area contributed by atoms with Crippen LogP contribution in [0.4, 0.5) is 5.69 Å². The number of aromatic nitrogens is 4. The molecule has 0 aliphatic heterocycles. The van der Waals surface area contributed by atoms with Crippen LogP contribution in [0.2, 0.25) is 5.02 Å².